The van der Waals surface area contributed by atoms with Gasteiger partial charge in [0.05, 0.1) is 30.5 Å². The zero-order chi connectivity index (χ0) is 82.3. The molecule has 0 aliphatic rings. The molecule has 0 aromatic heterocycles. The third-order valence-electron chi connectivity index (χ3n) is 14.3. The number of Topliss-reactive ketones (excluding diaryl/α,β-unsaturated/α-hetero) is 1. The molecule has 666 valence electrons. The summed E-state index contributed by atoms with van der Waals surface area (Å²) in [5.74, 6) is 6.80. The Morgan fingerprint density at radius 3 is 1.06 bits per heavy atom. The van der Waals surface area contributed by atoms with Gasteiger partial charge in [-0.15, -0.1) is 0 Å². The molecule has 1 unspecified atom stereocenters. The van der Waals surface area contributed by atoms with Crippen molar-refractivity contribution in [3.63, 3.8) is 0 Å². The SMILES string of the molecule is C.C.C.C.C.C.CC(C)CC(C)C(=O)C(C)C.CC(C)Cc1ccc(COC(=O)N(C)CCN(C)C(=O)OC(C)C)cc1.CC(C)Cc1ccc(COC(=O)OC(C)C)cc1.CC(C)OC(=O)N(C)CCN(C)C(C)C.CC(C)OC(=O)NCCSSCCCC(C)(C)C.CC(C)OC(=O)OCCSSCCCC(C)(C)C. The minimum atomic E-state index is -0.615. The fraction of sp³-hybridized carbons (Fsp3) is 0.784. The highest BCUT2D eigenvalue weighted by Gasteiger charge is 2.20. The van der Waals surface area contributed by atoms with Crippen LogP contribution in [0.1, 0.15) is 286 Å². The van der Waals surface area contributed by atoms with Crippen LogP contribution in [0.4, 0.5) is 28.8 Å². The number of benzene rings is 2. The number of ketones is 1. The lowest BCUT2D eigenvalue weighted by molar-refractivity contribution is -0.125. The third-order valence-corrected chi connectivity index (χ3v) is 19.3. The molecule has 0 saturated carbocycles. The number of hydrogen-bond acceptors (Lipinski definition) is 20. The van der Waals surface area contributed by atoms with E-state index in [1.165, 1.54) is 52.4 Å². The molecule has 112 heavy (non-hydrogen) atoms. The van der Waals surface area contributed by atoms with Crippen molar-refractivity contribution in [3.8, 4) is 0 Å². The second kappa shape index (κ2) is 74.9. The average Bonchev–Trinajstić information content (AvgIpc) is 0.869. The summed E-state index contributed by atoms with van der Waals surface area (Å²) in [5, 5.41) is 2.73. The molecule has 1 atom stereocenters. The number of rotatable bonds is 38. The number of carbonyl (C=O) groups excluding carboxylic acids is 7. The number of carbonyl (C=O) groups is 7. The number of ether oxygens (including phenoxy) is 8. The van der Waals surface area contributed by atoms with Crippen molar-refractivity contribution in [2.45, 2.75) is 326 Å². The number of nitrogens with zero attached hydrogens (tertiary/aromatic N) is 4. The molecule has 2 aromatic rings. The summed E-state index contributed by atoms with van der Waals surface area (Å²) in [6.45, 7) is 59.0. The van der Waals surface area contributed by atoms with Crippen molar-refractivity contribution in [1.29, 1.82) is 0 Å². The maximum Gasteiger partial charge on any atom is 0.508 e. The van der Waals surface area contributed by atoms with Gasteiger partial charge in [0.15, 0.2) is 0 Å². The van der Waals surface area contributed by atoms with Gasteiger partial charge in [-0.2, -0.15) is 0 Å². The molecular weight excluding hydrogens is 1500 g/mol. The first-order chi connectivity index (χ1) is 49.1. The molecule has 0 aliphatic carbocycles. The molecular formula is C88H175N5O15S4. The molecule has 0 spiro atoms. The summed E-state index contributed by atoms with van der Waals surface area (Å²) in [6.07, 6.45) is 5.03. The van der Waals surface area contributed by atoms with E-state index in [1.54, 1.807) is 78.4 Å². The Morgan fingerprint density at radius 2 is 0.723 bits per heavy atom. The van der Waals surface area contributed by atoms with Crippen LogP contribution in [0.2, 0.25) is 0 Å². The smallest absolute Gasteiger partial charge is 0.447 e. The van der Waals surface area contributed by atoms with Crippen molar-refractivity contribution in [1.82, 2.24) is 24.9 Å². The number of nitrogens with one attached hydrogen (secondary N) is 1. The quantitative estimate of drug-likeness (QED) is 0.0286. The molecule has 0 radical (unpaired) electrons. The van der Waals surface area contributed by atoms with Gasteiger partial charge in [-0.05, 0) is 186 Å². The zero-order valence-electron chi connectivity index (χ0n) is 72.0. The topological polar surface area (TPSA) is 218 Å². The monoisotopic (exact) mass is 1670 g/mol. The molecule has 0 bridgehead atoms. The molecule has 1 N–H and O–H groups in total. The first-order valence-corrected chi connectivity index (χ1v) is 43.3. The van der Waals surface area contributed by atoms with Crippen LogP contribution in [0.25, 0.3) is 0 Å². The number of likely N-dealkylation sites (N-methyl/N-ethyl adjacent to an activating group) is 4. The Balaban J connectivity index is -0.000000140. The average molecular weight is 1670 g/mol. The maximum atomic E-state index is 12.1. The van der Waals surface area contributed by atoms with Gasteiger partial charge in [-0.1, -0.05) is 240 Å². The van der Waals surface area contributed by atoms with E-state index < -0.39 is 24.5 Å². The Bertz CT molecular complexity index is 2530. The van der Waals surface area contributed by atoms with Crippen molar-refractivity contribution >= 4 is 85.6 Å². The molecule has 0 fully saturated rings. The fourth-order valence-corrected chi connectivity index (χ4v) is 12.5. The van der Waals surface area contributed by atoms with Crippen molar-refractivity contribution in [2.24, 2.45) is 40.4 Å². The highest BCUT2D eigenvalue weighted by molar-refractivity contribution is 8.77. The summed E-state index contributed by atoms with van der Waals surface area (Å²) in [6, 6.07) is 16.7. The van der Waals surface area contributed by atoms with E-state index >= 15 is 0 Å². The van der Waals surface area contributed by atoms with Gasteiger partial charge in [-0.3, -0.25) is 4.79 Å². The second-order valence-corrected chi connectivity index (χ2v) is 37.5. The van der Waals surface area contributed by atoms with Crippen LogP contribution in [0, 0.1) is 40.4 Å². The standard InChI is InChI=1S/C20H32N2O4.C15H22O3.C13H27NO2S2.C13H26O3S2.C11H24N2O2.C10H20O.6CH4/c1-15(2)13-17-7-9-18(10-8-17)14-25-19(23)21(5)11-12-22(6)20(24)26-16(3)4;1-11(2)9-13-5-7-14(8-6-13)10-17-15(16)18-12(3)4;1-11(2)16-12(15)14-8-10-18-17-9-6-7-13(3,4)5;1-11(2)16-12(14)15-8-10-18-17-9-6-7-13(3,4)5;1-9(2)12(5)7-8-13(6)11(14)15-10(3)4;1-7(2)6-9(5)10(11)8(3)4;;;;;;/h7-10,15-16H,11-14H2,1-6H3;5-8,11-12H,9-10H2,1-4H3;11H,6-10H2,1-5H3,(H,14,15);11H,6-10H2,1-5H3;9-10H,7-8H2,1-6H3;7-9H,6H2,1-5H3;6*1H4. The minimum Gasteiger partial charge on any atom is -0.447 e. The molecule has 0 heterocycles. The lowest BCUT2D eigenvalue weighted by atomic mass is 9.90. The van der Waals surface area contributed by atoms with Crippen LogP contribution in [-0.2, 0) is 68.7 Å². The molecule has 2 rings (SSSR count). The number of amides is 4. The molecule has 0 saturated heterocycles. The van der Waals surface area contributed by atoms with E-state index in [9.17, 15) is 33.6 Å². The van der Waals surface area contributed by atoms with Gasteiger partial charge in [0.25, 0.3) is 0 Å². The molecule has 4 amide bonds. The Kier molecular flexibility index (Phi) is 85.5. The van der Waals surface area contributed by atoms with Crippen LogP contribution < -0.4 is 5.32 Å². The highest BCUT2D eigenvalue weighted by atomic mass is 33.1. The lowest BCUT2D eigenvalue weighted by Crippen LogP contribution is -2.38. The lowest BCUT2D eigenvalue weighted by Gasteiger charge is -2.25. The summed E-state index contributed by atoms with van der Waals surface area (Å²) in [5.41, 5.74) is 5.38. The molecule has 2 aromatic carbocycles. The van der Waals surface area contributed by atoms with Gasteiger partial charge in [-0.25, -0.2) is 28.8 Å². The second-order valence-electron chi connectivity index (χ2n) is 32.1. The van der Waals surface area contributed by atoms with E-state index in [2.05, 4.69) is 131 Å². The van der Waals surface area contributed by atoms with E-state index in [1.807, 2.05) is 112 Å². The molecule has 20 nitrogen and oxygen atoms in total. The summed E-state index contributed by atoms with van der Waals surface area (Å²) < 4.78 is 40.1. The van der Waals surface area contributed by atoms with Gasteiger partial charge >= 0.3 is 36.7 Å². The van der Waals surface area contributed by atoms with Gasteiger partial charge in [0, 0.05) is 94.8 Å². The Hall–Kier alpha value is -4.91. The Labute approximate surface area is 705 Å². The van der Waals surface area contributed by atoms with E-state index in [0.717, 1.165) is 54.2 Å². The van der Waals surface area contributed by atoms with Crippen molar-refractivity contribution < 1.29 is 71.5 Å². The highest BCUT2D eigenvalue weighted by Crippen LogP contribution is 2.28. The number of alkyl carbamates (subject to hydrolysis) is 1. The number of hydrogen-bond donors (Lipinski definition) is 1. The van der Waals surface area contributed by atoms with Gasteiger partial charge < -0.3 is 62.8 Å². The summed E-state index contributed by atoms with van der Waals surface area (Å²) >= 11 is 0. The van der Waals surface area contributed by atoms with Crippen molar-refractivity contribution in [2.75, 3.05) is 90.5 Å². The van der Waals surface area contributed by atoms with Crippen molar-refractivity contribution in [3.05, 3.63) is 70.8 Å². The predicted octanol–water partition coefficient (Wildman–Crippen LogP) is 25.5. The third kappa shape index (κ3) is 86.0. The minimum absolute atomic E-state index is 0. The molecule has 0 aliphatic heterocycles. The first kappa shape index (κ1) is 128. The van der Waals surface area contributed by atoms with E-state index in [-0.39, 0.29) is 112 Å². The van der Waals surface area contributed by atoms with Gasteiger partial charge in [0.2, 0.25) is 0 Å². The zero-order valence-corrected chi connectivity index (χ0v) is 75.2. The maximum absolute atomic E-state index is 12.1. The first-order valence-electron chi connectivity index (χ1n) is 38.3. The van der Waals surface area contributed by atoms with Crippen LogP contribution in [-0.4, -0.2) is 189 Å². The summed E-state index contributed by atoms with van der Waals surface area (Å²) in [4.78, 5) is 86.6. The van der Waals surface area contributed by atoms with E-state index in [0.29, 0.717) is 73.2 Å². The largest absolute Gasteiger partial charge is 0.508 e. The van der Waals surface area contributed by atoms with Crippen LogP contribution in [0.3, 0.4) is 0 Å². The summed E-state index contributed by atoms with van der Waals surface area (Å²) in [7, 11) is 14.4. The van der Waals surface area contributed by atoms with Gasteiger partial charge in [0.1, 0.15) is 25.6 Å². The Morgan fingerprint density at radius 1 is 0.393 bits per heavy atom. The normalized spacial score (nSPS) is 10.9. The fourth-order valence-electron chi connectivity index (χ4n) is 8.62. The molecule has 24 heteroatoms. The van der Waals surface area contributed by atoms with Crippen LogP contribution in [0.15, 0.2) is 48.5 Å². The predicted molar refractivity (Wildman–Crippen MR) is 489 cm³/mol. The van der Waals surface area contributed by atoms with Crippen LogP contribution in [0.5, 0.6) is 0 Å². The van der Waals surface area contributed by atoms with Crippen LogP contribution >= 0.6 is 43.2 Å². The van der Waals surface area contributed by atoms with E-state index in [4.69, 9.17) is 37.9 Å².